The van der Waals surface area contributed by atoms with Crippen LogP contribution in [0.3, 0.4) is 0 Å². The molecule has 0 saturated carbocycles. The number of rotatable bonds is 4. The summed E-state index contributed by atoms with van der Waals surface area (Å²) in [7, 11) is 0. The molecular formula is C24H16N6OS. The highest BCUT2D eigenvalue weighted by Crippen LogP contribution is 2.36. The van der Waals surface area contributed by atoms with E-state index in [1.165, 1.54) is 11.3 Å². The predicted octanol–water partition coefficient (Wildman–Crippen LogP) is 5.49. The number of H-pyrrole nitrogens is 2. The van der Waals surface area contributed by atoms with Gasteiger partial charge in [0.05, 0.1) is 39.7 Å². The van der Waals surface area contributed by atoms with Gasteiger partial charge in [-0.25, -0.2) is 0 Å². The van der Waals surface area contributed by atoms with Gasteiger partial charge in [-0.1, -0.05) is 0 Å². The lowest BCUT2D eigenvalue weighted by Gasteiger charge is -2.00. The standard InChI is InChI=1S/C24H16N6OS/c1-13(31)22-2-3-23(32-22)17-10-26-11-20-15(17)8-19(28-20)24-16-9-18(14-4-6-25-7-5-14)27-12-21(16)29-30-24/h2-12,28H,1H3,(H,29,30). The van der Waals surface area contributed by atoms with Crippen LogP contribution in [-0.4, -0.2) is 35.9 Å². The molecule has 0 fully saturated rings. The summed E-state index contributed by atoms with van der Waals surface area (Å²) in [4.78, 5) is 30.0. The lowest BCUT2D eigenvalue weighted by molar-refractivity contribution is 0.102. The van der Waals surface area contributed by atoms with Crippen molar-refractivity contribution in [1.29, 1.82) is 0 Å². The minimum Gasteiger partial charge on any atom is -0.352 e. The lowest BCUT2D eigenvalue weighted by atomic mass is 10.1. The van der Waals surface area contributed by atoms with Gasteiger partial charge < -0.3 is 4.98 Å². The van der Waals surface area contributed by atoms with Gasteiger partial charge in [-0.2, -0.15) is 5.10 Å². The Morgan fingerprint density at radius 1 is 0.938 bits per heavy atom. The number of carbonyl (C=O) groups is 1. The van der Waals surface area contributed by atoms with Crippen LogP contribution in [0.2, 0.25) is 0 Å². The summed E-state index contributed by atoms with van der Waals surface area (Å²) in [5.74, 6) is 0.0674. The number of ketones is 1. The number of fused-ring (bicyclic) bond motifs is 2. The third-order valence-electron chi connectivity index (χ3n) is 5.44. The number of aromatic nitrogens is 6. The van der Waals surface area contributed by atoms with Gasteiger partial charge >= 0.3 is 0 Å². The van der Waals surface area contributed by atoms with E-state index in [1.54, 1.807) is 31.7 Å². The van der Waals surface area contributed by atoms with Crippen molar-refractivity contribution in [3.63, 3.8) is 0 Å². The highest BCUT2D eigenvalue weighted by Gasteiger charge is 2.16. The van der Waals surface area contributed by atoms with E-state index in [4.69, 9.17) is 0 Å². The molecule has 0 unspecified atom stereocenters. The smallest absolute Gasteiger partial charge is 0.169 e. The summed E-state index contributed by atoms with van der Waals surface area (Å²) in [5, 5.41) is 9.64. The van der Waals surface area contributed by atoms with Crippen molar-refractivity contribution in [2.45, 2.75) is 6.92 Å². The molecule has 0 radical (unpaired) electrons. The second kappa shape index (κ2) is 7.21. The third-order valence-corrected chi connectivity index (χ3v) is 6.66. The third kappa shape index (κ3) is 3.00. The maximum Gasteiger partial charge on any atom is 0.169 e. The SMILES string of the molecule is CC(=O)c1ccc(-c2cncc3[nH]c(-c4n[nH]c5cnc(-c6ccncc6)cc45)cc23)s1. The molecule has 6 aromatic heterocycles. The van der Waals surface area contributed by atoms with Gasteiger partial charge in [-0.3, -0.25) is 24.8 Å². The van der Waals surface area contributed by atoms with Gasteiger partial charge in [-0.15, -0.1) is 11.3 Å². The summed E-state index contributed by atoms with van der Waals surface area (Å²) >= 11 is 1.48. The van der Waals surface area contributed by atoms with Crippen LogP contribution in [0.4, 0.5) is 0 Å². The molecule has 0 aliphatic rings. The van der Waals surface area contributed by atoms with E-state index in [9.17, 15) is 4.79 Å². The van der Waals surface area contributed by atoms with Gasteiger partial charge in [0, 0.05) is 45.4 Å². The zero-order valence-corrected chi connectivity index (χ0v) is 17.8. The maximum atomic E-state index is 11.7. The number of aromatic amines is 2. The van der Waals surface area contributed by atoms with E-state index in [1.807, 2.05) is 36.5 Å². The minimum absolute atomic E-state index is 0.0674. The fourth-order valence-electron chi connectivity index (χ4n) is 3.85. The molecule has 32 heavy (non-hydrogen) atoms. The molecule has 0 aliphatic carbocycles. The molecule has 0 aromatic carbocycles. The largest absolute Gasteiger partial charge is 0.352 e. The molecular weight excluding hydrogens is 420 g/mol. The Balaban J connectivity index is 1.49. The number of Topliss-reactive ketones (excluding diaryl/α,β-unsaturated/α-hetero) is 1. The van der Waals surface area contributed by atoms with Gasteiger partial charge in [0.2, 0.25) is 0 Å². The Hall–Kier alpha value is -4.17. The molecule has 0 aliphatic heterocycles. The quantitative estimate of drug-likeness (QED) is 0.356. The molecule has 0 saturated heterocycles. The van der Waals surface area contributed by atoms with Gasteiger partial charge in [0.1, 0.15) is 5.69 Å². The average Bonchev–Trinajstić information content (AvgIpc) is 3.56. The van der Waals surface area contributed by atoms with Crippen LogP contribution in [0, 0.1) is 0 Å². The Morgan fingerprint density at radius 3 is 2.62 bits per heavy atom. The first-order chi connectivity index (χ1) is 15.7. The number of pyridine rings is 3. The first-order valence-corrected chi connectivity index (χ1v) is 10.8. The fourth-order valence-corrected chi connectivity index (χ4v) is 4.77. The summed E-state index contributed by atoms with van der Waals surface area (Å²) < 4.78 is 0. The average molecular weight is 437 g/mol. The van der Waals surface area contributed by atoms with E-state index in [-0.39, 0.29) is 5.78 Å². The molecule has 0 atom stereocenters. The van der Waals surface area contributed by atoms with Crippen LogP contribution in [-0.2, 0) is 0 Å². The summed E-state index contributed by atoms with van der Waals surface area (Å²) in [6.07, 6.45) is 8.95. The molecule has 0 spiro atoms. The lowest BCUT2D eigenvalue weighted by Crippen LogP contribution is -1.84. The number of carbonyl (C=O) groups excluding carboxylic acids is 1. The Bertz CT molecular complexity index is 1610. The van der Waals surface area contributed by atoms with Crippen LogP contribution in [0.1, 0.15) is 16.6 Å². The minimum atomic E-state index is 0.0674. The van der Waals surface area contributed by atoms with Crippen LogP contribution in [0.15, 0.2) is 67.4 Å². The van der Waals surface area contributed by atoms with E-state index < -0.39 is 0 Å². The number of nitrogens with one attached hydrogen (secondary N) is 2. The van der Waals surface area contributed by atoms with Gasteiger partial charge in [-0.05, 0) is 43.3 Å². The Kier molecular flexibility index (Phi) is 4.19. The van der Waals surface area contributed by atoms with Crippen LogP contribution in [0.25, 0.3) is 54.9 Å². The van der Waals surface area contributed by atoms with E-state index in [0.717, 1.165) is 59.8 Å². The van der Waals surface area contributed by atoms with Crippen LogP contribution >= 0.6 is 11.3 Å². The molecule has 8 heteroatoms. The summed E-state index contributed by atoms with van der Waals surface area (Å²) in [6, 6.07) is 11.8. The van der Waals surface area contributed by atoms with Crippen molar-refractivity contribution in [2.75, 3.05) is 0 Å². The molecule has 6 rings (SSSR count). The zero-order chi connectivity index (χ0) is 21.7. The fraction of sp³-hybridized carbons (Fsp3) is 0.0417. The maximum absolute atomic E-state index is 11.7. The second-order valence-corrected chi connectivity index (χ2v) is 8.56. The summed E-state index contributed by atoms with van der Waals surface area (Å²) in [5.41, 5.74) is 6.31. The van der Waals surface area contributed by atoms with Crippen molar-refractivity contribution in [1.82, 2.24) is 30.1 Å². The number of thiophene rings is 1. The van der Waals surface area contributed by atoms with E-state index in [2.05, 4.69) is 36.2 Å². The number of hydrogen-bond donors (Lipinski definition) is 2. The van der Waals surface area contributed by atoms with Crippen LogP contribution < -0.4 is 0 Å². The predicted molar refractivity (Wildman–Crippen MR) is 126 cm³/mol. The topological polar surface area (TPSA) is 100 Å². The molecule has 6 heterocycles. The molecule has 2 N–H and O–H groups in total. The highest BCUT2D eigenvalue weighted by atomic mass is 32.1. The van der Waals surface area contributed by atoms with Crippen molar-refractivity contribution >= 4 is 38.9 Å². The molecule has 154 valence electrons. The molecule has 7 nitrogen and oxygen atoms in total. The first-order valence-electron chi connectivity index (χ1n) is 10.00. The molecule has 0 amide bonds. The van der Waals surface area contributed by atoms with Crippen LogP contribution in [0.5, 0.6) is 0 Å². The monoisotopic (exact) mass is 436 g/mol. The van der Waals surface area contributed by atoms with E-state index in [0.29, 0.717) is 0 Å². The highest BCUT2D eigenvalue weighted by molar-refractivity contribution is 7.17. The van der Waals surface area contributed by atoms with Crippen molar-refractivity contribution in [3.8, 4) is 33.1 Å². The van der Waals surface area contributed by atoms with Crippen molar-refractivity contribution < 1.29 is 4.79 Å². The Morgan fingerprint density at radius 2 is 1.81 bits per heavy atom. The number of hydrogen-bond acceptors (Lipinski definition) is 6. The number of nitrogens with zero attached hydrogens (tertiary/aromatic N) is 4. The summed E-state index contributed by atoms with van der Waals surface area (Å²) in [6.45, 7) is 1.58. The zero-order valence-electron chi connectivity index (χ0n) is 17.0. The molecule has 0 bridgehead atoms. The Labute approximate surface area is 186 Å². The first kappa shape index (κ1) is 18.6. The molecule has 6 aromatic rings. The van der Waals surface area contributed by atoms with Crippen molar-refractivity contribution in [2.24, 2.45) is 0 Å². The van der Waals surface area contributed by atoms with Gasteiger partial charge in [0.25, 0.3) is 0 Å². The van der Waals surface area contributed by atoms with Gasteiger partial charge in [0.15, 0.2) is 5.78 Å². The van der Waals surface area contributed by atoms with E-state index >= 15 is 0 Å². The van der Waals surface area contributed by atoms with Crippen molar-refractivity contribution in [3.05, 3.63) is 72.3 Å². The second-order valence-electron chi connectivity index (χ2n) is 7.47. The normalized spacial score (nSPS) is 11.4.